The van der Waals surface area contributed by atoms with Crippen molar-refractivity contribution in [2.45, 2.75) is 44.9 Å². The van der Waals surface area contributed by atoms with E-state index in [1.165, 1.54) is 0 Å². The lowest BCUT2D eigenvalue weighted by molar-refractivity contribution is -0.149. The van der Waals surface area contributed by atoms with E-state index in [4.69, 9.17) is 9.84 Å². The van der Waals surface area contributed by atoms with Crippen LogP contribution in [-0.2, 0) is 9.53 Å². The predicted octanol–water partition coefficient (Wildman–Crippen LogP) is 0.645. The van der Waals surface area contributed by atoms with Gasteiger partial charge in [-0.15, -0.1) is 0 Å². The second-order valence-corrected chi connectivity index (χ2v) is 5.40. The summed E-state index contributed by atoms with van der Waals surface area (Å²) < 4.78 is 5.56. The monoisotopic (exact) mass is 256 g/mol. The van der Waals surface area contributed by atoms with E-state index in [1.54, 1.807) is 0 Å². The Morgan fingerprint density at radius 2 is 2.17 bits per heavy atom. The molecule has 0 aliphatic carbocycles. The third-order valence-electron chi connectivity index (χ3n) is 4.10. The van der Waals surface area contributed by atoms with Crippen LogP contribution in [0, 0.1) is 0 Å². The van der Waals surface area contributed by atoms with E-state index in [1.807, 2.05) is 0 Å². The first-order valence-corrected chi connectivity index (χ1v) is 6.94. The van der Waals surface area contributed by atoms with Crippen molar-refractivity contribution >= 4 is 5.97 Å². The van der Waals surface area contributed by atoms with Gasteiger partial charge < -0.3 is 9.84 Å². The Kier molecular flexibility index (Phi) is 4.59. The maximum atomic E-state index is 10.8. The van der Waals surface area contributed by atoms with Gasteiger partial charge in [0, 0.05) is 32.2 Å². The molecule has 0 bridgehead atoms. The molecule has 0 aromatic heterocycles. The van der Waals surface area contributed by atoms with Gasteiger partial charge in [-0.05, 0) is 26.3 Å². The molecule has 2 rings (SSSR count). The molecule has 104 valence electrons. The highest BCUT2D eigenvalue weighted by Crippen LogP contribution is 2.21. The normalized spacial score (nSPS) is 34.9. The van der Waals surface area contributed by atoms with Gasteiger partial charge in [0.15, 0.2) is 6.10 Å². The zero-order valence-corrected chi connectivity index (χ0v) is 11.3. The topological polar surface area (TPSA) is 53.0 Å². The molecule has 2 saturated heterocycles. The molecule has 2 heterocycles. The van der Waals surface area contributed by atoms with Crippen molar-refractivity contribution in [3.63, 3.8) is 0 Å². The van der Waals surface area contributed by atoms with Crippen LogP contribution in [0.3, 0.4) is 0 Å². The molecule has 5 heteroatoms. The van der Waals surface area contributed by atoms with E-state index in [9.17, 15) is 4.79 Å². The number of rotatable bonds is 4. The van der Waals surface area contributed by atoms with Crippen molar-refractivity contribution in [1.29, 1.82) is 0 Å². The summed E-state index contributed by atoms with van der Waals surface area (Å²) in [7, 11) is 0. The van der Waals surface area contributed by atoms with E-state index < -0.39 is 12.1 Å². The van der Waals surface area contributed by atoms with Crippen LogP contribution in [-0.4, -0.2) is 71.8 Å². The summed E-state index contributed by atoms with van der Waals surface area (Å²) in [6.45, 7) is 9.67. The number of carboxylic acids is 1. The molecule has 18 heavy (non-hydrogen) atoms. The SMILES string of the molecule is CCN1CCN(CC2CCC(C(=O)O)O2)CC1C. The van der Waals surface area contributed by atoms with E-state index >= 15 is 0 Å². The molecule has 2 aliphatic rings. The Morgan fingerprint density at radius 1 is 1.39 bits per heavy atom. The molecule has 0 saturated carbocycles. The average Bonchev–Trinajstić information content (AvgIpc) is 2.78. The van der Waals surface area contributed by atoms with Gasteiger partial charge in [0.1, 0.15) is 0 Å². The smallest absolute Gasteiger partial charge is 0.332 e. The van der Waals surface area contributed by atoms with Crippen molar-refractivity contribution in [1.82, 2.24) is 9.80 Å². The summed E-state index contributed by atoms with van der Waals surface area (Å²) in [6.07, 6.45) is 1.06. The van der Waals surface area contributed by atoms with Crippen molar-refractivity contribution < 1.29 is 14.6 Å². The number of hydrogen-bond donors (Lipinski definition) is 1. The second-order valence-electron chi connectivity index (χ2n) is 5.40. The minimum atomic E-state index is -0.818. The molecule has 0 spiro atoms. The summed E-state index contributed by atoms with van der Waals surface area (Å²) in [5.41, 5.74) is 0. The number of aliphatic carboxylic acids is 1. The van der Waals surface area contributed by atoms with Gasteiger partial charge in [-0.3, -0.25) is 9.80 Å². The van der Waals surface area contributed by atoms with Crippen LogP contribution in [0.2, 0.25) is 0 Å². The number of nitrogens with zero attached hydrogens (tertiary/aromatic N) is 2. The van der Waals surface area contributed by atoms with Crippen LogP contribution in [0.15, 0.2) is 0 Å². The molecular weight excluding hydrogens is 232 g/mol. The Labute approximate surface area is 109 Å². The highest BCUT2D eigenvalue weighted by Gasteiger charge is 2.32. The fraction of sp³-hybridized carbons (Fsp3) is 0.923. The summed E-state index contributed by atoms with van der Waals surface area (Å²) in [5, 5.41) is 8.90. The molecule has 0 aromatic rings. The molecule has 0 aromatic carbocycles. The van der Waals surface area contributed by atoms with Gasteiger partial charge in [-0.25, -0.2) is 4.79 Å². The quantitative estimate of drug-likeness (QED) is 0.800. The van der Waals surface area contributed by atoms with Crippen molar-refractivity contribution in [3.05, 3.63) is 0 Å². The first-order valence-electron chi connectivity index (χ1n) is 6.94. The highest BCUT2D eigenvalue weighted by molar-refractivity contribution is 5.72. The van der Waals surface area contributed by atoms with Gasteiger partial charge in [-0.2, -0.15) is 0 Å². The van der Waals surface area contributed by atoms with Crippen LogP contribution >= 0.6 is 0 Å². The predicted molar refractivity (Wildman–Crippen MR) is 68.7 cm³/mol. The molecule has 3 atom stereocenters. The van der Waals surface area contributed by atoms with Crippen LogP contribution < -0.4 is 0 Å². The Hall–Kier alpha value is -0.650. The largest absolute Gasteiger partial charge is 0.479 e. The summed E-state index contributed by atoms with van der Waals surface area (Å²) in [6, 6.07) is 0.584. The number of piperazine rings is 1. The first-order chi connectivity index (χ1) is 8.60. The zero-order chi connectivity index (χ0) is 13.1. The van der Waals surface area contributed by atoms with Crippen LogP contribution in [0.4, 0.5) is 0 Å². The third kappa shape index (κ3) is 3.22. The van der Waals surface area contributed by atoms with E-state index in [0.29, 0.717) is 12.5 Å². The van der Waals surface area contributed by atoms with Gasteiger partial charge >= 0.3 is 5.97 Å². The van der Waals surface area contributed by atoms with Crippen LogP contribution in [0.25, 0.3) is 0 Å². The zero-order valence-electron chi connectivity index (χ0n) is 11.3. The highest BCUT2D eigenvalue weighted by atomic mass is 16.5. The maximum absolute atomic E-state index is 10.8. The van der Waals surface area contributed by atoms with E-state index in [2.05, 4.69) is 23.6 Å². The Balaban J connectivity index is 1.76. The maximum Gasteiger partial charge on any atom is 0.332 e. The van der Waals surface area contributed by atoms with Gasteiger partial charge in [0.05, 0.1) is 6.10 Å². The lowest BCUT2D eigenvalue weighted by Crippen LogP contribution is -2.53. The Bertz CT molecular complexity index is 298. The average molecular weight is 256 g/mol. The summed E-state index contributed by atoms with van der Waals surface area (Å²) in [4.78, 5) is 15.7. The number of hydrogen-bond acceptors (Lipinski definition) is 4. The van der Waals surface area contributed by atoms with Crippen molar-refractivity contribution in [3.8, 4) is 0 Å². The molecule has 0 amide bonds. The number of carboxylic acid groups (broad SMARTS) is 1. The minimum absolute atomic E-state index is 0.103. The Morgan fingerprint density at radius 3 is 2.72 bits per heavy atom. The van der Waals surface area contributed by atoms with Crippen molar-refractivity contribution in [2.75, 3.05) is 32.7 Å². The fourth-order valence-electron chi connectivity index (χ4n) is 3.02. The van der Waals surface area contributed by atoms with E-state index in [-0.39, 0.29) is 6.10 Å². The van der Waals surface area contributed by atoms with E-state index in [0.717, 1.165) is 39.1 Å². The lowest BCUT2D eigenvalue weighted by atomic mass is 10.1. The van der Waals surface area contributed by atoms with Crippen LogP contribution in [0.1, 0.15) is 26.7 Å². The van der Waals surface area contributed by atoms with Gasteiger partial charge in [0.2, 0.25) is 0 Å². The second kappa shape index (κ2) is 5.99. The van der Waals surface area contributed by atoms with Crippen molar-refractivity contribution in [2.24, 2.45) is 0 Å². The first kappa shape index (κ1) is 13.8. The molecule has 3 unspecified atom stereocenters. The molecule has 2 fully saturated rings. The summed E-state index contributed by atoms with van der Waals surface area (Å²) >= 11 is 0. The minimum Gasteiger partial charge on any atom is -0.479 e. The lowest BCUT2D eigenvalue weighted by Gasteiger charge is -2.40. The van der Waals surface area contributed by atoms with Crippen LogP contribution in [0.5, 0.6) is 0 Å². The standard InChI is InChI=1S/C13H24N2O3/c1-3-15-7-6-14(8-10(15)2)9-11-4-5-12(18-11)13(16)17/h10-12H,3-9H2,1-2H3,(H,16,17). The third-order valence-corrected chi connectivity index (χ3v) is 4.10. The molecule has 5 nitrogen and oxygen atoms in total. The molecule has 1 N–H and O–H groups in total. The molecule has 2 aliphatic heterocycles. The van der Waals surface area contributed by atoms with Gasteiger partial charge in [0.25, 0.3) is 0 Å². The molecular formula is C13H24N2O3. The summed E-state index contributed by atoms with van der Waals surface area (Å²) in [5.74, 6) is -0.818. The molecule has 0 radical (unpaired) electrons. The number of likely N-dealkylation sites (N-methyl/N-ethyl adjacent to an activating group) is 1. The number of carbonyl (C=O) groups is 1. The van der Waals surface area contributed by atoms with Gasteiger partial charge in [-0.1, -0.05) is 6.92 Å². The fourth-order valence-corrected chi connectivity index (χ4v) is 3.02. The number of ether oxygens (including phenoxy) is 1.